The van der Waals surface area contributed by atoms with Crippen molar-refractivity contribution in [1.82, 2.24) is 14.1 Å². The summed E-state index contributed by atoms with van der Waals surface area (Å²) in [5.74, 6) is 0.291. The van der Waals surface area contributed by atoms with Gasteiger partial charge in [0.25, 0.3) is 5.91 Å². The topological polar surface area (TPSA) is 106 Å². The Labute approximate surface area is 254 Å². The number of hydrogen-bond donors (Lipinski definition) is 0. The number of carbonyl (C=O) groups excluding carboxylic acids is 2. The molecule has 3 aliphatic heterocycles. The van der Waals surface area contributed by atoms with E-state index in [1.807, 2.05) is 52.8 Å². The van der Waals surface area contributed by atoms with E-state index in [4.69, 9.17) is 14.2 Å². The van der Waals surface area contributed by atoms with Crippen LogP contribution in [0.15, 0.2) is 42.5 Å². The average molecular weight is 614 g/mol. The lowest BCUT2D eigenvalue weighted by Gasteiger charge is -2.49. The van der Waals surface area contributed by atoms with Crippen molar-refractivity contribution in [2.45, 2.75) is 76.6 Å². The number of benzene rings is 2. The number of hydrogen-bond acceptors (Lipinski definition) is 7. The Hall–Kier alpha value is -3.15. The lowest BCUT2D eigenvalue weighted by Crippen LogP contribution is -2.63. The molecule has 3 aliphatic rings. The summed E-state index contributed by atoms with van der Waals surface area (Å²) in [5.41, 5.74) is 2.03. The molecule has 1 unspecified atom stereocenters. The summed E-state index contributed by atoms with van der Waals surface area (Å²) in [6, 6.07) is 12.9. The van der Waals surface area contributed by atoms with Gasteiger partial charge in [-0.05, 0) is 76.8 Å². The minimum atomic E-state index is -3.65. The van der Waals surface area contributed by atoms with Crippen LogP contribution in [0.25, 0.3) is 0 Å². The summed E-state index contributed by atoms with van der Waals surface area (Å²) in [5, 5.41) is 0. The van der Waals surface area contributed by atoms with Crippen LogP contribution in [0.2, 0.25) is 0 Å². The number of rotatable bonds is 7. The molecule has 43 heavy (non-hydrogen) atoms. The second-order valence-electron chi connectivity index (χ2n) is 13.1. The zero-order chi connectivity index (χ0) is 31.2. The van der Waals surface area contributed by atoms with E-state index in [0.717, 1.165) is 11.1 Å². The molecule has 0 aliphatic carbocycles. The van der Waals surface area contributed by atoms with E-state index in [1.165, 1.54) is 0 Å². The van der Waals surface area contributed by atoms with Crippen LogP contribution in [0.4, 0.5) is 4.79 Å². The third-order valence-corrected chi connectivity index (χ3v) is 10.5. The number of likely N-dealkylation sites (tertiary alicyclic amines) is 2. The zero-order valence-electron chi connectivity index (χ0n) is 26.0. The molecule has 0 bridgehead atoms. The minimum absolute atomic E-state index is 0.0604. The highest BCUT2D eigenvalue weighted by molar-refractivity contribution is 7.88. The first-order valence-corrected chi connectivity index (χ1v) is 16.4. The van der Waals surface area contributed by atoms with Crippen molar-refractivity contribution in [2.75, 3.05) is 39.8 Å². The molecule has 0 N–H and O–H groups in total. The van der Waals surface area contributed by atoms with Gasteiger partial charge in [0.2, 0.25) is 10.0 Å². The Balaban J connectivity index is 1.23. The third kappa shape index (κ3) is 6.68. The van der Waals surface area contributed by atoms with Crippen LogP contribution in [0.1, 0.15) is 60.7 Å². The summed E-state index contributed by atoms with van der Waals surface area (Å²) in [7, 11) is -2.05. The fourth-order valence-corrected chi connectivity index (χ4v) is 8.21. The summed E-state index contributed by atoms with van der Waals surface area (Å²) >= 11 is 0. The number of ether oxygens (including phenoxy) is 3. The Bertz CT molecular complexity index is 1490. The predicted octanol–water partition coefficient (Wildman–Crippen LogP) is 4.14. The van der Waals surface area contributed by atoms with Gasteiger partial charge in [0, 0.05) is 32.3 Å². The van der Waals surface area contributed by atoms with Crippen molar-refractivity contribution in [3.63, 3.8) is 0 Å². The molecule has 234 valence electrons. The van der Waals surface area contributed by atoms with Crippen molar-refractivity contribution in [3.8, 4) is 5.75 Å². The number of nitrogens with zero attached hydrogens (tertiary/aromatic N) is 3. The van der Waals surface area contributed by atoms with Gasteiger partial charge in [-0.1, -0.05) is 29.8 Å². The number of aryl methyl sites for hydroxylation is 2. The van der Waals surface area contributed by atoms with Gasteiger partial charge in [-0.2, -0.15) is 4.31 Å². The smallest absolute Gasteiger partial charge is 0.410 e. The molecule has 5 rings (SSSR count). The Morgan fingerprint density at radius 3 is 2.37 bits per heavy atom. The van der Waals surface area contributed by atoms with Crippen molar-refractivity contribution in [3.05, 3.63) is 64.7 Å². The predicted molar refractivity (Wildman–Crippen MR) is 163 cm³/mol. The largest absolute Gasteiger partial charge is 0.486 e. The molecule has 1 spiro atoms. The summed E-state index contributed by atoms with van der Waals surface area (Å²) in [4.78, 5) is 29.3. The lowest BCUT2D eigenvalue weighted by molar-refractivity contribution is 0.0212. The molecule has 2 aromatic carbocycles. The fourth-order valence-electron chi connectivity index (χ4n) is 6.26. The van der Waals surface area contributed by atoms with E-state index in [2.05, 4.69) is 0 Å². The van der Waals surface area contributed by atoms with E-state index in [1.54, 1.807) is 45.5 Å². The normalized spacial score (nSPS) is 24.3. The molecule has 3 saturated heterocycles. The van der Waals surface area contributed by atoms with Gasteiger partial charge in [-0.25, -0.2) is 13.2 Å². The maximum atomic E-state index is 13.6. The SMILES string of the molecule is CO[C@@H]1CN(C(=O)c2cc(C)ccc2C)C[C@H]1Oc1cccc(CS(=O)(=O)N2CCC23CCN(C(=O)OC(C)(C)C)C3)c1. The van der Waals surface area contributed by atoms with Gasteiger partial charge in [0.1, 0.15) is 23.6 Å². The third-order valence-electron chi connectivity index (χ3n) is 8.59. The molecule has 0 aromatic heterocycles. The van der Waals surface area contributed by atoms with Crippen LogP contribution in [-0.2, 0) is 25.2 Å². The van der Waals surface area contributed by atoms with Gasteiger partial charge in [0.15, 0.2) is 0 Å². The lowest BCUT2D eigenvalue weighted by atomic mass is 9.87. The van der Waals surface area contributed by atoms with Crippen LogP contribution >= 0.6 is 0 Å². The van der Waals surface area contributed by atoms with Crippen LogP contribution < -0.4 is 4.74 Å². The number of amides is 2. The highest BCUT2D eigenvalue weighted by atomic mass is 32.2. The molecule has 11 heteroatoms. The van der Waals surface area contributed by atoms with Crippen molar-refractivity contribution < 1.29 is 32.2 Å². The fraction of sp³-hybridized carbons (Fsp3) is 0.562. The van der Waals surface area contributed by atoms with Gasteiger partial charge >= 0.3 is 6.09 Å². The van der Waals surface area contributed by atoms with E-state index in [9.17, 15) is 18.0 Å². The van der Waals surface area contributed by atoms with Crippen LogP contribution in [0.3, 0.4) is 0 Å². The summed E-state index contributed by atoms with van der Waals surface area (Å²) in [6.45, 7) is 11.3. The molecular formula is C32H43N3O7S. The van der Waals surface area contributed by atoms with Crippen LogP contribution in [-0.4, -0.2) is 97.7 Å². The molecule has 2 aromatic rings. The van der Waals surface area contributed by atoms with Crippen LogP contribution in [0, 0.1) is 13.8 Å². The zero-order valence-corrected chi connectivity index (χ0v) is 26.8. The monoisotopic (exact) mass is 613 g/mol. The van der Waals surface area contributed by atoms with E-state index in [0.29, 0.717) is 62.4 Å². The standard InChI is InChI=1S/C32H43N3O7S/c1-22-10-11-23(2)26(16-22)29(36)34-18-27(40-6)28(19-34)41-25-9-7-8-24(17-25)20-43(38,39)35-15-13-32(35)12-14-33(21-32)30(37)42-31(3,4)5/h7-11,16-17,27-28H,12-15,18-21H2,1-6H3/t27-,28-,32?/m1/s1. The van der Waals surface area contributed by atoms with Gasteiger partial charge in [-0.15, -0.1) is 0 Å². The number of carbonyl (C=O) groups is 2. The maximum Gasteiger partial charge on any atom is 0.410 e. The van der Waals surface area contributed by atoms with Gasteiger partial charge in [-0.3, -0.25) is 4.79 Å². The summed E-state index contributed by atoms with van der Waals surface area (Å²) in [6.07, 6.45) is 0.173. The Morgan fingerprint density at radius 2 is 1.70 bits per heavy atom. The highest BCUT2D eigenvalue weighted by Gasteiger charge is 2.55. The molecular weight excluding hydrogens is 570 g/mol. The Morgan fingerprint density at radius 1 is 0.977 bits per heavy atom. The van der Waals surface area contributed by atoms with E-state index >= 15 is 0 Å². The molecule has 10 nitrogen and oxygen atoms in total. The van der Waals surface area contributed by atoms with Crippen molar-refractivity contribution >= 4 is 22.0 Å². The maximum absolute atomic E-state index is 13.6. The first kappa shape index (κ1) is 31.3. The second kappa shape index (κ2) is 11.7. The van der Waals surface area contributed by atoms with Crippen molar-refractivity contribution in [2.24, 2.45) is 0 Å². The molecule has 3 fully saturated rings. The molecule has 0 radical (unpaired) electrons. The number of sulfonamides is 1. The van der Waals surface area contributed by atoms with E-state index < -0.39 is 33.4 Å². The molecule has 3 heterocycles. The molecule has 0 saturated carbocycles. The average Bonchev–Trinajstić information content (AvgIpc) is 3.54. The van der Waals surface area contributed by atoms with Crippen molar-refractivity contribution in [1.29, 1.82) is 0 Å². The van der Waals surface area contributed by atoms with Crippen LogP contribution in [0.5, 0.6) is 5.75 Å². The molecule has 2 amide bonds. The number of methoxy groups -OCH3 is 1. The highest BCUT2D eigenvalue weighted by Crippen LogP contribution is 2.42. The quantitative estimate of drug-likeness (QED) is 0.462. The first-order chi connectivity index (χ1) is 20.2. The minimum Gasteiger partial charge on any atom is -0.486 e. The second-order valence-corrected chi connectivity index (χ2v) is 15.0. The van der Waals surface area contributed by atoms with Gasteiger partial charge < -0.3 is 24.0 Å². The van der Waals surface area contributed by atoms with Gasteiger partial charge in [0.05, 0.1) is 24.4 Å². The van der Waals surface area contributed by atoms with E-state index in [-0.39, 0.29) is 17.8 Å². The first-order valence-electron chi connectivity index (χ1n) is 14.8. The Kier molecular flexibility index (Phi) is 8.54. The molecule has 3 atom stereocenters. The summed E-state index contributed by atoms with van der Waals surface area (Å²) < 4.78 is 46.2.